The Bertz CT molecular complexity index is 356. The van der Waals surface area contributed by atoms with Crippen LogP contribution in [0.1, 0.15) is 18.5 Å². The lowest BCUT2D eigenvalue weighted by molar-refractivity contribution is -0.120. The lowest BCUT2D eigenvalue weighted by atomic mass is 10.2. The molecular formula is C10H16N4O. The minimum atomic E-state index is -0.309. The number of aromatic nitrogens is 2. The van der Waals surface area contributed by atoms with Crippen molar-refractivity contribution >= 4 is 5.91 Å². The quantitative estimate of drug-likeness (QED) is 0.703. The molecule has 1 unspecified atom stereocenters. The van der Waals surface area contributed by atoms with Gasteiger partial charge in [0.1, 0.15) is 6.04 Å². The molecule has 82 valence electrons. The monoisotopic (exact) mass is 208 g/mol. The van der Waals surface area contributed by atoms with E-state index in [-0.39, 0.29) is 11.9 Å². The SMILES string of the molecule is Cc1ccnn1CC(NC1CC1)C(N)=O. The molecule has 1 atom stereocenters. The fourth-order valence-electron chi connectivity index (χ4n) is 1.52. The molecule has 0 radical (unpaired) electrons. The van der Waals surface area contributed by atoms with Gasteiger partial charge >= 0.3 is 0 Å². The van der Waals surface area contributed by atoms with Gasteiger partial charge in [0.2, 0.25) is 5.91 Å². The normalized spacial score (nSPS) is 17.7. The highest BCUT2D eigenvalue weighted by molar-refractivity contribution is 5.79. The van der Waals surface area contributed by atoms with Crippen LogP contribution in [0.4, 0.5) is 0 Å². The van der Waals surface area contributed by atoms with Crippen LogP contribution >= 0.6 is 0 Å². The van der Waals surface area contributed by atoms with Gasteiger partial charge in [-0.25, -0.2) is 0 Å². The zero-order valence-electron chi connectivity index (χ0n) is 8.81. The van der Waals surface area contributed by atoms with Crippen molar-refractivity contribution in [2.45, 2.75) is 38.4 Å². The molecule has 5 nitrogen and oxygen atoms in total. The van der Waals surface area contributed by atoms with Crippen LogP contribution in [-0.2, 0) is 11.3 Å². The van der Waals surface area contributed by atoms with Crippen molar-refractivity contribution in [1.29, 1.82) is 0 Å². The maximum Gasteiger partial charge on any atom is 0.236 e. The molecule has 2 rings (SSSR count). The fraction of sp³-hybridized carbons (Fsp3) is 0.600. The molecule has 1 aromatic heterocycles. The van der Waals surface area contributed by atoms with Gasteiger partial charge in [0, 0.05) is 17.9 Å². The first-order valence-electron chi connectivity index (χ1n) is 5.20. The molecule has 1 saturated carbocycles. The Kier molecular flexibility index (Phi) is 2.73. The van der Waals surface area contributed by atoms with E-state index in [1.165, 1.54) is 0 Å². The zero-order valence-corrected chi connectivity index (χ0v) is 8.81. The molecule has 0 aromatic carbocycles. The van der Waals surface area contributed by atoms with E-state index in [4.69, 9.17) is 5.73 Å². The summed E-state index contributed by atoms with van der Waals surface area (Å²) in [6.45, 7) is 2.48. The average Bonchev–Trinajstić information content (AvgIpc) is 2.90. The van der Waals surface area contributed by atoms with Crippen LogP contribution in [-0.4, -0.2) is 27.8 Å². The highest BCUT2D eigenvalue weighted by Gasteiger charge is 2.27. The Hall–Kier alpha value is -1.36. The lowest BCUT2D eigenvalue weighted by Crippen LogP contribution is -2.45. The molecule has 5 heteroatoms. The summed E-state index contributed by atoms with van der Waals surface area (Å²) < 4.78 is 1.80. The Labute approximate surface area is 88.6 Å². The fourth-order valence-corrected chi connectivity index (χ4v) is 1.52. The van der Waals surface area contributed by atoms with E-state index < -0.39 is 0 Å². The van der Waals surface area contributed by atoms with Gasteiger partial charge in [0.25, 0.3) is 0 Å². The summed E-state index contributed by atoms with van der Waals surface area (Å²) in [4.78, 5) is 11.2. The average molecular weight is 208 g/mol. The maximum absolute atomic E-state index is 11.2. The molecule has 1 aliphatic rings. The van der Waals surface area contributed by atoms with E-state index in [0.29, 0.717) is 12.6 Å². The van der Waals surface area contributed by atoms with E-state index in [0.717, 1.165) is 18.5 Å². The van der Waals surface area contributed by atoms with E-state index >= 15 is 0 Å². The molecule has 15 heavy (non-hydrogen) atoms. The molecular weight excluding hydrogens is 192 g/mol. The second-order valence-corrected chi connectivity index (χ2v) is 4.05. The van der Waals surface area contributed by atoms with E-state index in [1.807, 2.05) is 13.0 Å². The molecule has 0 saturated heterocycles. The number of carbonyl (C=O) groups excluding carboxylic acids is 1. The summed E-state index contributed by atoms with van der Waals surface area (Å²) >= 11 is 0. The van der Waals surface area contributed by atoms with Gasteiger partial charge < -0.3 is 11.1 Å². The molecule has 0 bridgehead atoms. The molecule has 1 heterocycles. The number of rotatable bonds is 5. The Morgan fingerprint density at radius 2 is 2.53 bits per heavy atom. The second kappa shape index (κ2) is 4.02. The predicted molar refractivity (Wildman–Crippen MR) is 56.1 cm³/mol. The number of hydrogen-bond acceptors (Lipinski definition) is 3. The molecule has 1 aliphatic carbocycles. The first-order valence-corrected chi connectivity index (χ1v) is 5.20. The van der Waals surface area contributed by atoms with Crippen LogP contribution < -0.4 is 11.1 Å². The van der Waals surface area contributed by atoms with E-state index in [1.54, 1.807) is 10.9 Å². The van der Waals surface area contributed by atoms with Crippen molar-refractivity contribution in [3.63, 3.8) is 0 Å². The van der Waals surface area contributed by atoms with Gasteiger partial charge in [0.05, 0.1) is 6.54 Å². The van der Waals surface area contributed by atoms with Crippen LogP contribution in [0.5, 0.6) is 0 Å². The molecule has 1 aromatic rings. The van der Waals surface area contributed by atoms with Crippen molar-refractivity contribution in [3.05, 3.63) is 18.0 Å². The van der Waals surface area contributed by atoms with Gasteiger partial charge in [-0.3, -0.25) is 9.48 Å². The van der Waals surface area contributed by atoms with Gasteiger partial charge in [-0.2, -0.15) is 5.10 Å². The largest absolute Gasteiger partial charge is 0.368 e. The summed E-state index contributed by atoms with van der Waals surface area (Å²) in [5.74, 6) is -0.309. The number of nitrogens with two attached hydrogens (primary N) is 1. The third kappa shape index (κ3) is 2.56. The van der Waals surface area contributed by atoms with Crippen molar-refractivity contribution < 1.29 is 4.79 Å². The van der Waals surface area contributed by atoms with E-state index in [9.17, 15) is 4.79 Å². The summed E-state index contributed by atoms with van der Waals surface area (Å²) in [5.41, 5.74) is 6.38. The Balaban J connectivity index is 1.99. The first-order chi connectivity index (χ1) is 7.16. The zero-order chi connectivity index (χ0) is 10.8. The predicted octanol–water partition coefficient (Wildman–Crippen LogP) is -0.203. The third-order valence-corrected chi connectivity index (χ3v) is 2.64. The lowest BCUT2D eigenvalue weighted by Gasteiger charge is -2.15. The number of nitrogens with one attached hydrogen (secondary N) is 1. The minimum Gasteiger partial charge on any atom is -0.368 e. The number of nitrogens with zero attached hydrogens (tertiary/aromatic N) is 2. The minimum absolute atomic E-state index is 0.309. The molecule has 0 aliphatic heterocycles. The third-order valence-electron chi connectivity index (χ3n) is 2.64. The molecule has 0 spiro atoms. The molecule has 3 N–H and O–H groups in total. The van der Waals surface area contributed by atoms with Crippen LogP contribution in [0, 0.1) is 6.92 Å². The second-order valence-electron chi connectivity index (χ2n) is 4.05. The summed E-state index contributed by atoms with van der Waals surface area (Å²) in [7, 11) is 0. The van der Waals surface area contributed by atoms with Crippen molar-refractivity contribution in [3.8, 4) is 0 Å². The standard InChI is InChI=1S/C10H16N4O/c1-7-4-5-12-14(7)6-9(10(11)15)13-8-2-3-8/h4-5,8-9,13H,2-3,6H2,1H3,(H2,11,15). The maximum atomic E-state index is 11.2. The van der Waals surface area contributed by atoms with Crippen molar-refractivity contribution in [2.24, 2.45) is 5.73 Å². The Morgan fingerprint density at radius 3 is 3.00 bits per heavy atom. The van der Waals surface area contributed by atoms with Crippen molar-refractivity contribution in [1.82, 2.24) is 15.1 Å². The van der Waals surface area contributed by atoms with Gasteiger partial charge in [-0.1, -0.05) is 0 Å². The first kappa shape index (κ1) is 10.2. The van der Waals surface area contributed by atoms with E-state index in [2.05, 4.69) is 10.4 Å². The van der Waals surface area contributed by atoms with Gasteiger partial charge in [0.15, 0.2) is 0 Å². The topological polar surface area (TPSA) is 72.9 Å². The van der Waals surface area contributed by atoms with Crippen LogP contribution in [0.25, 0.3) is 0 Å². The van der Waals surface area contributed by atoms with Crippen LogP contribution in [0.3, 0.4) is 0 Å². The van der Waals surface area contributed by atoms with Crippen molar-refractivity contribution in [2.75, 3.05) is 0 Å². The Morgan fingerprint density at radius 1 is 1.80 bits per heavy atom. The number of primary amides is 1. The van der Waals surface area contributed by atoms with Gasteiger partial charge in [-0.15, -0.1) is 0 Å². The highest BCUT2D eigenvalue weighted by Crippen LogP contribution is 2.19. The highest BCUT2D eigenvalue weighted by atomic mass is 16.1. The van der Waals surface area contributed by atoms with Crippen LogP contribution in [0.15, 0.2) is 12.3 Å². The summed E-state index contributed by atoms with van der Waals surface area (Å²) in [5, 5.41) is 7.36. The molecule has 1 fully saturated rings. The number of carbonyl (C=O) groups is 1. The number of hydrogen-bond donors (Lipinski definition) is 2. The molecule has 1 amide bonds. The summed E-state index contributed by atoms with van der Waals surface area (Å²) in [6.07, 6.45) is 4.01. The van der Waals surface area contributed by atoms with Gasteiger partial charge in [-0.05, 0) is 25.8 Å². The van der Waals surface area contributed by atoms with Crippen LogP contribution in [0.2, 0.25) is 0 Å². The number of amides is 1. The smallest absolute Gasteiger partial charge is 0.236 e. The summed E-state index contributed by atoms with van der Waals surface area (Å²) in [6, 6.07) is 2.07. The number of aryl methyl sites for hydroxylation is 1.